The average Bonchev–Trinajstić information content (AvgIpc) is 2.68. The van der Waals surface area contributed by atoms with E-state index in [1.807, 2.05) is 0 Å². The Morgan fingerprint density at radius 2 is 1.55 bits per heavy atom. The Morgan fingerprint density at radius 3 is 2.00 bits per heavy atom. The van der Waals surface area contributed by atoms with Crippen molar-refractivity contribution in [2.45, 2.75) is 18.7 Å². The van der Waals surface area contributed by atoms with Crippen molar-refractivity contribution in [1.82, 2.24) is 14.7 Å². The highest BCUT2D eigenvalue weighted by molar-refractivity contribution is 7.92. The number of amides is 2. The van der Waals surface area contributed by atoms with Crippen molar-refractivity contribution >= 4 is 43.7 Å². The molecule has 0 bridgehead atoms. The fraction of sp³-hybridized carbons (Fsp3) is 0.294. The van der Waals surface area contributed by atoms with Crippen molar-refractivity contribution in [2.24, 2.45) is 0 Å². The van der Waals surface area contributed by atoms with Crippen LogP contribution in [0.4, 0.5) is 16.4 Å². The number of ether oxygens (including phenoxy) is 2. The number of urea groups is 1. The van der Waals surface area contributed by atoms with Gasteiger partial charge in [0.15, 0.2) is 0 Å². The minimum Gasteiger partial charge on any atom is -0.481 e. The summed E-state index contributed by atoms with van der Waals surface area (Å²) in [4.78, 5) is 30.9. The normalized spacial score (nSPS) is 11.4. The zero-order chi connectivity index (χ0) is 25.1. The van der Waals surface area contributed by atoms with Crippen molar-refractivity contribution in [1.29, 1.82) is 0 Å². The molecule has 4 N–H and O–H groups in total. The van der Waals surface area contributed by atoms with Crippen molar-refractivity contribution in [3.8, 4) is 11.8 Å². The van der Waals surface area contributed by atoms with Crippen LogP contribution in [0.25, 0.3) is 0 Å². The Bertz CT molecular complexity index is 1300. The van der Waals surface area contributed by atoms with Gasteiger partial charge in [0, 0.05) is 0 Å². The minimum absolute atomic E-state index is 0.0130. The Kier molecular flexibility index (Phi) is 7.33. The number of nitrogens with zero attached hydrogens (tertiary/aromatic N) is 2. The van der Waals surface area contributed by atoms with Crippen molar-refractivity contribution < 1.29 is 41.0 Å². The fourth-order valence-corrected chi connectivity index (χ4v) is 4.81. The van der Waals surface area contributed by atoms with E-state index in [9.17, 15) is 31.5 Å². The molecule has 1 aromatic heterocycles. The Hall–Kier alpha value is -3.66. The summed E-state index contributed by atoms with van der Waals surface area (Å²) in [7, 11) is -6.04. The number of aromatic nitrogens is 2. The van der Waals surface area contributed by atoms with E-state index in [2.05, 4.69) is 20.0 Å². The van der Waals surface area contributed by atoms with E-state index in [1.54, 1.807) is 4.72 Å². The monoisotopic (exact) mass is 503 g/mol. The molecule has 180 valence electrons. The summed E-state index contributed by atoms with van der Waals surface area (Å²) in [6, 6.07) is 0.968. The molecule has 0 aliphatic heterocycles. The van der Waals surface area contributed by atoms with Crippen LogP contribution in [0.5, 0.6) is 11.8 Å². The topological polar surface area (TPSA) is 203 Å². The third kappa shape index (κ3) is 6.19. The number of carboxylic acid groups (broad SMARTS) is 1. The molecule has 0 fully saturated rings. The summed E-state index contributed by atoms with van der Waals surface area (Å²) in [5.41, 5.74) is -0.860. The highest BCUT2D eigenvalue weighted by atomic mass is 32.2. The van der Waals surface area contributed by atoms with E-state index in [4.69, 9.17) is 9.47 Å². The zero-order valence-electron chi connectivity index (χ0n) is 18.1. The second-order valence-corrected chi connectivity index (χ2v) is 9.95. The first-order chi connectivity index (χ1) is 15.2. The van der Waals surface area contributed by atoms with Crippen LogP contribution < -0.4 is 24.2 Å². The number of hydrogen-bond acceptors (Lipinski definition) is 10. The van der Waals surface area contributed by atoms with Gasteiger partial charge in [-0.1, -0.05) is 0 Å². The molecular formula is C17H21N5O9S2. The number of carboxylic acids is 1. The maximum atomic E-state index is 13.0. The maximum absolute atomic E-state index is 13.0. The third-order valence-electron chi connectivity index (χ3n) is 4.05. The predicted molar refractivity (Wildman–Crippen MR) is 116 cm³/mol. The van der Waals surface area contributed by atoms with Crippen molar-refractivity contribution in [2.75, 3.05) is 30.5 Å². The summed E-state index contributed by atoms with van der Waals surface area (Å²) < 4.78 is 62.9. The van der Waals surface area contributed by atoms with Gasteiger partial charge in [-0.25, -0.2) is 31.1 Å². The Morgan fingerprint density at radius 1 is 1.00 bits per heavy atom. The SMILES string of the molecule is COc1cc(OC)nc(NC(=O)NS(=O)(=O)c2c(C(=O)O)cc(C)c(NS(C)(=O)=O)c2C)n1. The van der Waals surface area contributed by atoms with Crippen LogP contribution in [-0.2, 0) is 20.0 Å². The number of carbonyl (C=O) groups excluding carboxylic acids is 1. The molecule has 16 heteroatoms. The van der Waals surface area contributed by atoms with E-state index in [0.29, 0.717) is 0 Å². The molecule has 0 unspecified atom stereocenters. The maximum Gasteiger partial charge on any atom is 0.337 e. The molecule has 14 nitrogen and oxygen atoms in total. The number of hydrogen-bond donors (Lipinski definition) is 4. The lowest BCUT2D eigenvalue weighted by molar-refractivity contribution is 0.0692. The molecule has 0 aliphatic rings. The number of sulfonamides is 2. The van der Waals surface area contributed by atoms with Crippen LogP contribution in [0.15, 0.2) is 17.0 Å². The van der Waals surface area contributed by atoms with Crippen LogP contribution in [0, 0.1) is 13.8 Å². The molecule has 0 saturated carbocycles. The third-order valence-corrected chi connectivity index (χ3v) is 6.14. The number of carbonyl (C=O) groups is 2. The number of benzene rings is 1. The summed E-state index contributed by atoms with van der Waals surface area (Å²) >= 11 is 0. The van der Waals surface area contributed by atoms with Crippen LogP contribution in [-0.4, -0.2) is 64.4 Å². The van der Waals surface area contributed by atoms with E-state index >= 15 is 0 Å². The molecule has 33 heavy (non-hydrogen) atoms. The first-order valence-electron chi connectivity index (χ1n) is 8.84. The molecule has 2 rings (SSSR count). The molecule has 0 radical (unpaired) electrons. The summed E-state index contributed by atoms with van der Waals surface area (Å²) in [5, 5.41) is 11.6. The van der Waals surface area contributed by atoms with E-state index < -0.39 is 42.5 Å². The molecule has 0 spiro atoms. The molecular weight excluding hydrogens is 482 g/mol. The van der Waals surface area contributed by atoms with Crippen LogP contribution >= 0.6 is 0 Å². The van der Waals surface area contributed by atoms with Crippen LogP contribution in [0.2, 0.25) is 0 Å². The summed E-state index contributed by atoms with van der Waals surface area (Å²) in [6.45, 7) is 2.60. The molecule has 2 amide bonds. The summed E-state index contributed by atoms with van der Waals surface area (Å²) in [6.07, 6.45) is 0.846. The number of anilines is 2. The lowest BCUT2D eigenvalue weighted by Gasteiger charge is -2.18. The molecule has 1 heterocycles. The quantitative estimate of drug-likeness (QED) is 0.394. The largest absolute Gasteiger partial charge is 0.481 e. The van der Waals surface area contributed by atoms with Gasteiger partial charge in [-0.05, 0) is 31.0 Å². The van der Waals surface area contributed by atoms with Gasteiger partial charge in [0.2, 0.25) is 27.7 Å². The minimum atomic E-state index is -4.81. The number of rotatable bonds is 8. The molecule has 0 aliphatic carbocycles. The Balaban J connectivity index is 2.50. The second-order valence-electron chi connectivity index (χ2n) is 6.59. The zero-order valence-corrected chi connectivity index (χ0v) is 19.7. The van der Waals surface area contributed by atoms with Gasteiger partial charge in [-0.3, -0.25) is 10.0 Å². The Labute approximate surface area is 189 Å². The predicted octanol–water partition coefficient (Wildman–Crippen LogP) is 0.691. The molecule has 2 aromatic rings. The lowest BCUT2D eigenvalue weighted by Crippen LogP contribution is -2.36. The standard InChI is InChI=1S/C17H21N5O9S2/c1-8-6-10(15(23)24)14(9(2)13(8)21-32(5,26)27)33(28,29)22-17(25)20-16-18-11(30-3)7-12(19-16)31-4/h6-7,21H,1-5H3,(H,23,24)(H2,18,19,20,22,25). The number of aromatic carboxylic acids is 1. The van der Waals surface area contributed by atoms with E-state index in [-0.39, 0.29) is 34.5 Å². The number of nitrogens with one attached hydrogen (secondary N) is 3. The smallest absolute Gasteiger partial charge is 0.337 e. The van der Waals surface area contributed by atoms with Crippen molar-refractivity contribution in [3.63, 3.8) is 0 Å². The number of methoxy groups -OCH3 is 2. The van der Waals surface area contributed by atoms with E-state index in [1.165, 1.54) is 34.1 Å². The van der Waals surface area contributed by atoms with E-state index in [0.717, 1.165) is 12.3 Å². The van der Waals surface area contributed by atoms with Crippen molar-refractivity contribution in [3.05, 3.63) is 28.8 Å². The first kappa shape index (κ1) is 25.6. The molecule has 1 aromatic carbocycles. The fourth-order valence-electron chi connectivity index (χ4n) is 2.78. The van der Waals surface area contributed by atoms with Gasteiger partial charge < -0.3 is 14.6 Å². The first-order valence-corrected chi connectivity index (χ1v) is 12.2. The van der Waals surface area contributed by atoms with Gasteiger partial charge in [0.05, 0.1) is 37.8 Å². The molecule has 0 saturated heterocycles. The van der Waals surface area contributed by atoms with Gasteiger partial charge in [0.25, 0.3) is 10.0 Å². The van der Waals surface area contributed by atoms with Crippen LogP contribution in [0.3, 0.4) is 0 Å². The van der Waals surface area contributed by atoms with Gasteiger partial charge in [-0.15, -0.1) is 0 Å². The van der Waals surface area contributed by atoms with Gasteiger partial charge in [-0.2, -0.15) is 9.97 Å². The van der Waals surface area contributed by atoms with Crippen LogP contribution in [0.1, 0.15) is 21.5 Å². The second kappa shape index (κ2) is 9.45. The summed E-state index contributed by atoms with van der Waals surface area (Å²) in [5.74, 6) is -1.94. The average molecular weight is 504 g/mol. The van der Waals surface area contributed by atoms with Gasteiger partial charge >= 0.3 is 12.0 Å². The highest BCUT2D eigenvalue weighted by Gasteiger charge is 2.30. The molecule has 0 atom stereocenters. The van der Waals surface area contributed by atoms with Gasteiger partial charge in [0.1, 0.15) is 4.90 Å². The lowest BCUT2D eigenvalue weighted by atomic mass is 10.0. The highest BCUT2D eigenvalue weighted by Crippen LogP contribution is 2.31. The number of aryl methyl sites for hydroxylation is 1.